The van der Waals surface area contributed by atoms with Gasteiger partial charge in [0, 0.05) is 18.3 Å². The topological polar surface area (TPSA) is 41.6 Å². The molecule has 0 aliphatic heterocycles. The number of guanidine groups is 1. The van der Waals surface area contributed by atoms with E-state index in [1.807, 2.05) is 30.1 Å². The molecule has 1 aliphatic rings. The molecule has 0 fully saturated rings. The Morgan fingerprint density at radius 3 is 2.48 bits per heavy atom. The second kappa shape index (κ2) is 5.99. The monoisotopic (exact) mass is 349 g/mol. The van der Waals surface area contributed by atoms with Gasteiger partial charge in [-0.1, -0.05) is 66.7 Å². The van der Waals surface area contributed by atoms with Gasteiger partial charge in [-0.2, -0.15) is 0 Å². The molecular weight excluding hydrogens is 330 g/mol. The summed E-state index contributed by atoms with van der Waals surface area (Å²) in [6.07, 6.45) is 4.26. The van der Waals surface area contributed by atoms with E-state index in [-0.39, 0.29) is 0 Å². The van der Waals surface area contributed by atoms with Crippen molar-refractivity contribution < 1.29 is 0 Å². The first-order chi connectivity index (χ1) is 13.2. The molecule has 130 valence electrons. The lowest BCUT2D eigenvalue weighted by molar-refractivity contribution is 1.22. The molecular formula is C24H19N3. The smallest absolute Gasteiger partial charge is 0.200 e. The molecule has 3 nitrogen and oxygen atoms in total. The highest BCUT2D eigenvalue weighted by atomic mass is 15.2. The Kier molecular flexibility index (Phi) is 3.47. The van der Waals surface area contributed by atoms with E-state index in [2.05, 4.69) is 66.7 Å². The van der Waals surface area contributed by atoms with Gasteiger partial charge in [0.25, 0.3) is 0 Å². The standard InChI is InChI=1S/C24H19N3/c1-27(20-12-9-16-5-2-3-6-19(16)15-20)24(25)26-22-14-11-18-8-4-7-17-10-13-21(22)23(17)18/h2-15H,1H3,(H2,25,26). The Balaban J connectivity index is 1.55. The SMILES string of the molecule is CN(C(N)=Nc1ccc2cccc3c2c1C=C3)c1ccc2ccccc2c1. The number of nitrogens with two attached hydrogens (primary N) is 1. The number of anilines is 1. The van der Waals surface area contributed by atoms with Gasteiger partial charge in [-0.15, -0.1) is 0 Å². The predicted molar refractivity (Wildman–Crippen MR) is 117 cm³/mol. The van der Waals surface area contributed by atoms with Crippen molar-refractivity contribution in [2.45, 2.75) is 0 Å². The molecule has 0 radical (unpaired) electrons. The second-order valence-corrected chi connectivity index (χ2v) is 6.84. The number of fused-ring (bicyclic) bond motifs is 1. The van der Waals surface area contributed by atoms with Crippen LogP contribution in [0.2, 0.25) is 0 Å². The molecule has 5 rings (SSSR count). The normalized spacial score (nSPS) is 12.9. The minimum Gasteiger partial charge on any atom is -0.369 e. The van der Waals surface area contributed by atoms with Crippen LogP contribution in [0, 0.1) is 0 Å². The van der Waals surface area contributed by atoms with Crippen molar-refractivity contribution in [3.63, 3.8) is 0 Å². The zero-order valence-corrected chi connectivity index (χ0v) is 15.1. The van der Waals surface area contributed by atoms with Crippen molar-refractivity contribution in [3.05, 3.63) is 83.9 Å². The van der Waals surface area contributed by atoms with Crippen LogP contribution < -0.4 is 10.6 Å². The molecule has 0 spiro atoms. The third kappa shape index (κ3) is 2.56. The van der Waals surface area contributed by atoms with Gasteiger partial charge in [0.1, 0.15) is 0 Å². The summed E-state index contributed by atoms with van der Waals surface area (Å²) >= 11 is 0. The van der Waals surface area contributed by atoms with Crippen LogP contribution in [0.3, 0.4) is 0 Å². The molecule has 2 N–H and O–H groups in total. The quantitative estimate of drug-likeness (QED) is 0.335. The van der Waals surface area contributed by atoms with Gasteiger partial charge < -0.3 is 10.6 Å². The lowest BCUT2D eigenvalue weighted by Crippen LogP contribution is -2.33. The van der Waals surface area contributed by atoms with Gasteiger partial charge in [0.05, 0.1) is 5.69 Å². The summed E-state index contributed by atoms with van der Waals surface area (Å²) < 4.78 is 0. The van der Waals surface area contributed by atoms with E-state index >= 15 is 0 Å². The van der Waals surface area contributed by atoms with Crippen molar-refractivity contribution in [1.82, 2.24) is 0 Å². The van der Waals surface area contributed by atoms with Crippen LogP contribution in [0.1, 0.15) is 11.1 Å². The number of hydrogen-bond donors (Lipinski definition) is 1. The number of benzene rings is 4. The number of rotatable bonds is 2. The van der Waals surface area contributed by atoms with Crippen molar-refractivity contribution in [3.8, 4) is 0 Å². The molecule has 3 heteroatoms. The van der Waals surface area contributed by atoms with Gasteiger partial charge in [0.2, 0.25) is 5.96 Å². The maximum Gasteiger partial charge on any atom is 0.200 e. The number of hydrogen-bond acceptors (Lipinski definition) is 1. The van der Waals surface area contributed by atoms with E-state index in [0.29, 0.717) is 5.96 Å². The number of aliphatic imine (C=N–C) groups is 1. The first kappa shape index (κ1) is 15.6. The molecule has 1 aliphatic carbocycles. The fourth-order valence-corrected chi connectivity index (χ4v) is 3.72. The summed E-state index contributed by atoms with van der Waals surface area (Å²) in [6.45, 7) is 0. The van der Waals surface area contributed by atoms with Crippen LogP contribution in [0.15, 0.2) is 77.8 Å². The largest absolute Gasteiger partial charge is 0.369 e. The molecule has 4 aromatic carbocycles. The highest BCUT2D eigenvalue weighted by Gasteiger charge is 2.14. The summed E-state index contributed by atoms with van der Waals surface area (Å²) in [6, 6.07) is 25.1. The second-order valence-electron chi connectivity index (χ2n) is 6.84. The number of nitrogens with zero attached hydrogens (tertiary/aromatic N) is 2. The Labute approximate surface area is 158 Å². The summed E-state index contributed by atoms with van der Waals surface area (Å²) in [7, 11) is 1.95. The van der Waals surface area contributed by atoms with E-state index in [0.717, 1.165) is 16.9 Å². The molecule has 0 aromatic heterocycles. The van der Waals surface area contributed by atoms with E-state index < -0.39 is 0 Å². The van der Waals surface area contributed by atoms with Crippen molar-refractivity contribution in [1.29, 1.82) is 0 Å². The molecule has 0 heterocycles. The molecule has 0 amide bonds. The minimum atomic E-state index is 0.471. The fraction of sp³-hybridized carbons (Fsp3) is 0.0417. The first-order valence-electron chi connectivity index (χ1n) is 9.01. The van der Waals surface area contributed by atoms with Crippen LogP contribution in [0.25, 0.3) is 33.7 Å². The molecule has 0 saturated carbocycles. The third-order valence-electron chi connectivity index (χ3n) is 5.22. The average molecular weight is 349 g/mol. The molecule has 0 atom stereocenters. The van der Waals surface area contributed by atoms with Crippen LogP contribution in [-0.2, 0) is 0 Å². The Morgan fingerprint density at radius 2 is 1.59 bits per heavy atom. The third-order valence-corrected chi connectivity index (χ3v) is 5.22. The summed E-state index contributed by atoms with van der Waals surface area (Å²) in [4.78, 5) is 6.66. The molecule has 0 bridgehead atoms. The lowest BCUT2D eigenvalue weighted by Gasteiger charge is -2.19. The van der Waals surface area contributed by atoms with Crippen molar-refractivity contribution in [2.24, 2.45) is 10.7 Å². The Hall–Kier alpha value is -3.59. The molecule has 4 aromatic rings. The van der Waals surface area contributed by atoms with Gasteiger partial charge in [0.15, 0.2) is 0 Å². The van der Waals surface area contributed by atoms with Gasteiger partial charge in [-0.05, 0) is 45.3 Å². The maximum absolute atomic E-state index is 6.36. The van der Waals surface area contributed by atoms with Gasteiger partial charge >= 0.3 is 0 Å². The van der Waals surface area contributed by atoms with Gasteiger partial charge in [-0.3, -0.25) is 0 Å². The average Bonchev–Trinajstić information content (AvgIpc) is 3.15. The molecule has 0 saturated heterocycles. The Bertz CT molecular complexity index is 1250. The zero-order chi connectivity index (χ0) is 18.4. The molecule has 27 heavy (non-hydrogen) atoms. The lowest BCUT2D eigenvalue weighted by atomic mass is 10.0. The summed E-state index contributed by atoms with van der Waals surface area (Å²) in [5.74, 6) is 0.471. The first-order valence-corrected chi connectivity index (χ1v) is 9.01. The minimum absolute atomic E-state index is 0.471. The zero-order valence-electron chi connectivity index (χ0n) is 15.1. The van der Waals surface area contributed by atoms with Crippen molar-refractivity contribution in [2.75, 3.05) is 11.9 Å². The molecule has 0 unspecified atom stereocenters. The van der Waals surface area contributed by atoms with E-state index in [4.69, 9.17) is 10.7 Å². The van der Waals surface area contributed by atoms with Gasteiger partial charge in [-0.25, -0.2) is 4.99 Å². The maximum atomic E-state index is 6.36. The highest BCUT2D eigenvalue weighted by Crippen LogP contribution is 2.37. The van der Waals surface area contributed by atoms with Crippen LogP contribution >= 0.6 is 0 Å². The fourth-order valence-electron chi connectivity index (χ4n) is 3.72. The van der Waals surface area contributed by atoms with Crippen LogP contribution in [-0.4, -0.2) is 13.0 Å². The van der Waals surface area contributed by atoms with Crippen LogP contribution in [0.4, 0.5) is 11.4 Å². The predicted octanol–water partition coefficient (Wildman–Crippen LogP) is 5.56. The van der Waals surface area contributed by atoms with Crippen LogP contribution in [0.5, 0.6) is 0 Å². The van der Waals surface area contributed by atoms with Crippen molar-refractivity contribution >= 4 is 51.0 Å². The Morgan fingerprint density at radius 1 is 0.815 bits per heavy atom. The van der Waals surface area contributed by atoms with E-state index in [9.17, 15) is 0 Å². The summed E-state index contributed by atoms with van der Waals surface area (Å²) in [5.41, 5.74) is 10.6. The summed E-state index contributed by atoms with van der Waals surface area (Å²) in [5, 5.41) is 4.88. The highest BCUT2D eigenvalue weighted by molar-refractivity contribution is 6.09. The van der Waals surface area contributed by atoms with E-state index in [1.165, 1.54) is 27.1 Å². The van der Waals surface area contributed by atoms with E-state index in [1.54, 1.807) is 0 Å².